The zero-order valence-corrected chi connectivity index (χ0v) is 8.97. The standard InChI is InChI=1S/C10H15ClN2O/c1-8-3-4-9(11)10(7-8)14-6-2-5-13-12/h3-4,7,13H,2,5-6,12H2,1H3. The topological polar surface area (TPSA) is 47.3 Å². The molecule has 0 saturated carbocycles. The van der Waals surface area contributed by atoms with Gasteiger partial charge in [-0.1, -0.05) is 17.7 Å². The van der Waals surface area contributed by atoms with Crippen LogP contribution in [0.2, 0.25) is 5.02 Å². The maximum absolute atomic E-state index is 5.94. The summed E-state index contributed by atoms with van der Waals surface area (Å²) in [4.78, 5) is 0. The van der Waals surface area contributed by atoms with Crippen molar-refractivity contribution in [2.45, 2.75) is 13.3 Å². The van der Waals surface area contributed by atoms with Gasteiger partial charge in [0.05, 0.1) is 11.6 Å². The molecule has 4 heteroatoms. The molecular weight excluding hydrogens is 200 g/mol. The molecule has 3 nitrogen and oxygen atoms in total. The van der Waals surface area contributed by atoms with Gasteiger partial charge in [-0.25, -0.2) is 0 Å². The number of nitrogens with one attached hydrogen (secondary N) is 1. The summed E-state index contributed by atoms with van der Waals surface area (Å²) in [7, 11) is 0. The van der Waals surface area contributed by atoms with Crippen LogP contribution in [0.4, 0.5) is 0 Å². The molecule has 0 atom stereocenters. The van der Waals surface area contributed by atoms with Gasteiger partial charge in [-0.2, -0.15) is 0 Å². The van der Waals surface area contributed by atoms with Crippen LogP contribution in [0.25, 0.3) is 0 Å². The van der Waals surface area contributed by atoms with Crippen molar-refractivity contribution < 1.29 is 4.74 Å². The van der Waals surface area contributed by atoms with E-state index in [0.29, 0.717) is 11.6 Å². The average molecular weight is 215 g/mol. The first-order valence-electron chi connectivity index (χ1n) is 4.56. The van der Waals surface area contributed by atoms with Gasteiger partial charge in [0.2, 0.25) is 0 Å². The van der Waals surface area contributed by atoms with Gasteiger partial charge < -0.3 is 4.74 Å². The maximum atomic E-state index is 5.94. The van der Waals surface area contributed by atoms with Gasteiger partial charge in [-0.05, 0) is 31.0 Å². The van der Waals surface area contributed by atoms with Crippen molar-refractivity contribution >= 4 is 11.6 Å². The molecule has 0 fully saturated rings. The van der Waals surface area contributed by atoms with Crippen LogP contribution in [0.5, 0.6) is 5.75 Å². The quantitative estimate of drug-likeness (QED) is 0.447. The number of rotatable bonds is 5. The molecule has 0 aliphatic rings. The highest BCUT2D eigenvalue weighted by Gasteiger charge is 2.00. The number of aryl methyl sites for hydroxylation is 1. The zero-order chi connectivity index (χ0) is 10.4. The van der Waals surface area contributed by atoms with Crippen molar-refractivity contribution in [1.29, 1.82) is 0 Å². The Morgan fingerprint density at radius 3 is 3.00 bits per heavy atom. The molecule has 0 aromatic heterocycles. The lowest BCUT2D eigenvalue weighted by Gasteiger charge is -2.08. The minimum atomic E-state index is 0.618. The fourth-order valence-corrected chi connectivity index (χ4v) is 1.25. The smallest absolute Gasteiger partial charge is 0.138 e. The van der Waals surface area contributed by atoms with E-state index in [-0.39, 0.29) is 0 Å². The van der Waals surface area contributed by atoms with Gasteiger partial charge >= 0.3 is 0 Å². The largest absolute Gasteiger partial charge is 0.492 e. The number of ether oxygens (including phenoxy) is 1. The summed E-state index contributed by atoms with van der Waals surface area (Å²) >= 11 is 5.94. The molecule has 1 rings (SSSR count). The number of halogens is 1. The van der Waals surface area contributed by atoms with Gasteiger partial charge in [0.25, 0.3) is 0 Å². The lowest BCUT2D eigenvalue weighted by atomic mass is 10.2. The fourth-order valence-electron chi connectivity index (χ4n) is 1.08. The van der Waals surface area contributed by atoms with Gasteiger partial charge in [-0.15, -0.1) is 0 Å². The molecular formula is C10H15ClN2O. The van der Waals surface area contributed by atoms with Crippen LogP contribution in [0.3, 0.4) is 0 Å². The molecule has 0 saturated heterocycles. The summed E-state index contributed by atoms with van der Waals surface area (Å²) in [6.07, 6.45) is 0.862. The normalized spacial score (nSPS) is 10.2. The fraction of sp³-hybridized carbons (Fsp3) is 0.400. The van der Waals surface area contributed by atoms with Crippen LogP contribution in [-0.2, 0) is 0 Å². The Labute approximate surface area is 89.2 Å². The van der Waals surface area contributed by atoms with Crippen molar-refractivity contribution in [3.63, 3.8) is 0 Å². The highest BCUT2D eigenvalue weighted by atomic mass is 35.5. The Kier molecular flexibility index (Phi) is 4.73. The second kappa shape index (κ2) is 5.86. The van der Waals surface area contributed by atoms with Crippen LogP contribution in [0.15, 0.2) is 18.2 Å². The summed E-state index contributed by atoms with van der Waals surface area (Å²) in [5.74, 6) is 5.87. The third-order valence-corrected chi connectivity index (χ3v) is 2.12. The second-order valence-corrected chi connectivity index (χ2v) is 3.50. The molecule has 0 spiro atoms. The molecule has 3 N–H and O–H groups in total. The lowest BCUT2D eigenvalue weighted by Crippen LogP contribution is -2.24. The van der Waals surface area contributed by atoms with Crippen LogP contribution < -0.4 is 16.0 Å². The molecule has 1 aromatic carbocycles. The van der Waals surface area contributed by atoms with Crippen molar-refractivity contribution in [2.24, 2.45) is 5.84 Å². The average Bonchev–Trinajstić information content (AvgIpc) is 2.18. The Morgan fingerprint density at radius 1 is 1.50 bits per heavy atom. The molecule has 0 radical (unpaired) electrons. The van der Waals surface area contributed by atoms with E-state index in [1.165, 1.54) is 0 Å². The van der Waals surface area contributed by atoms with Gasteiger partial charge in [0, 0.05) is 6.54 Å². The number of hydrazine groups is 1. The highest BCUT2D eigenvalue weighted by Crippen LogP contribution is 2.25. The molecule has 1 aromatic rings. The molecule has 0 amide bonds. The lowest BCUT2D eigenvalue weighted by molar-refractivity contribution is 0.308. The van der Waals surface area contributed by atoms with E-state index in [0.717, 1.165) is 24.3 Å². The van der Waals surface area contributed by atoms with E-state index in [1.807, 2.05) is 25.1 Å². The molecule has 0 heterocycles. The number of nitrogens with two attached hydrogens (primary N) is 1. The number of hydrogen-bond acceptors (Lipinski definition) is 3. The van der Waals surface area contributed by atoms with Crippen LogP contribution >= 0.6 is 11.6 Å². The molecule has 78 valence electrons. The summed E-state index contributed by atoms with van der Waals surface area (Å²) in [6, 6.07) is 5.72. The number of benzene rings is 1. The first kappa shape index (κ1) is 11.3. The van der Waals surface area contributed by atoms with Crippen LogP contribution in [0.1, 0.15) is 12.0 Å². The second-order valence-electron chi connectivity index (χ2n) is 3.09. The van der Waals surface area contributed by atoms with E-state index >= 15 is 0 Å². The summed E-state index contributed by atoms with van der Waals surface area (Å²) in [5.41, 5.74) is 3.71. The van der Waals surface area contributed by atoms with E-state index in [1.54, 1.807) is 0 Å². The van der Waals surface area contributed by atoms with E-state index in [2.05, 4.69) is 5.43 Å². The molecule has 0 unspecified atom stereocenters. The summed E-state index contributed by atoms with van der Waals surface area (Å²) in [5, 5.41) is 0.649. The van der Waals surface area contributed by atoms with Gasteiger partial charge in [-0.3, -0.25) is 11.3 Å². The van der Waals surface area contributed by atoms with E-state index in [9.17, 15) is 0 Å². The molecule has 0 aliphatic carbocycles. The SMILES string of the molecule is Cc1ccc(Cl)c(OCCCNN)c1. The zero-order valence-electron chi connectivity index (χ0n) is 8.22. The summed E-state index contributed by atoms with van der Waals surface area (Å²) < 4.78 is 5.49. The highest BCUT2D eigenvalue weighted by molar-refractivity contribution is 6.32. The van der Waals surface area contributed by atoms with Crippen molar-refractivity contribution in [1.82, 2.24) is 5.43 Å². The minimum Gasteiger partial charge on any atom is -0.492 e. The maximum Gasteiger partial charge on any atom is 0.138 e. The van der Waals surface area contributed by atoms with E-state index in [4.69, 9.17) is 22.2 Å². The first-order chi connectivity index (χ1) is 6.74. The predicted molar refractivity (Wildman–Crippen MR) is 58.5 cm³/mol. The minimum absolute atomic E-state index is 0.618. The third kappa shape index (κ3) is 3.54. The Morgan fingerprint density at radius 2 is 2.29 bits per heavy atom. The van der Waals surface area contributed by atoms with Gasteiger partial charge in [0.1, 0.15) is 5.75 Å². The van der Waals surface area contributed by atoms with Gasteiger partial charge in [0.15, 0.2) is 0 Å². The molecule has 0 bridgehead atoms. The van der Waals surface area contributed by atoms with Crippen molar-refractivity contribution in [3.8, 4) is 5.75 Å². The predicted octanol–water partition coefficient (Wildman–Crippen LogP) is 1.88. The van der Waals surface area contributed by atoms with Crippen LogP contribution in [-0.4, -0.2) is 13.2 Å². The van der Waals surface area contributed by atoms with Crippen molar-refractivity contribution in [2.75, 3.05) is 13.2 Å². The first-order valence-corrected chi connectivity index (χ1v) is 4.94. The monoisotopic (exact) mass is 214 g/mol. The third-order valence-electron chi connectivity index (χ3n) is 1.81. The van der Waals surface area contributed by atoms with Crippen LogP contribution in [0, 0.1) is 6.92 Å². The Hall–Kier alpha value is -0.770. The van der Waals surface area contributed by atoms with E-state index < -0.39 is 0 Å². The molecule has 14 heavy (non-hydrogen) atoms. The molecule has 0 aliphatic heterocycles. The number of hydrogen-bond donors (Lipinski definition) is 2. The van der Waals surface area contributed by atoms with Crippen molar-refractivity contribution in [3.05, 3.63) is 28.8 Å². The summed E-state index contributed by atoms with van der Waals surface area (Å²) in [6.45, 7) is 3.36. The Bertz CT molecular complexity index is 291. The Balaban J connectivity index is 2.45.